The molecule has 0 saturated heterocycles. The highest BCUT2D eigenvalue weighted by atomic mass is 16.2. The first-order chi connectivity index (χ1) is 17.2. The zero-order chi connectivity index (χ0) is 25.9. The quantitative estimate of drug-likeness (QED) is 0.383. The van der Waals surface area contributed by atoms with E-state index in [-0.39, 0.29) is 17.7 Å². The molecule has 10 heteroatoms. The van der Waals surface area contributed by atoms with Gasteiger partial charge in [0.25, 0.3) is 11.5 Å². The molecule has 2 heterocycles. The SMILES string of the molecule is CCn1cnc2c1c(=O)n(CC(=O)NNC(=O)C(C)(C)c1ccccc1)c(=O)n2Cc1ccccc1. The molecule has 10 nitrogen and oxygen atoms in total. The Bertz CT molecular complexity index is 1520. The second kappa shape index (κ2) is 10.0. The van der Waals surface area contributed by atoms with Gasteiger partial charge in [-0.25, -0.2) is 14.3 Å². The summed E-state index contributed by atoms with van der Waals surface area (Å²) in [6.45, 7) is 5.40. The zero-order valence-electron chi connectivity index (χ0n) is 20.4. The maximum Gasteiger partial charge on any atom is 0.333 e. The van der Waals surface area contributed by atoms with E-state index in [0.717, 1.165) is 15.7 Å². The second-order valence-electron chi connectivity index (χ2n) is 8.94. The summed E-state index contributed by atoms with van der Waals surface area (Å²) in [5.74, 6) is -1.14. The Balaban J connectivity index is 1.61. The van der Waals surface area contributed by atoms with Crippen LogP contribution in [0.25, 0.3) is 11.2 Å². The molecule has 0 bridgehead atoms. The maximum atomic E-state index is 13.3. The van der Waals surface area contributed by atoms with Gasteiger partial charge in [0, 0.05) is 6.54 Å². The highest BCUT2D eigenvalue weighted by molar-refractivity contribution is 5.89. The summed E-state index contributed by atoms with van der Waals surface area (Å²) in [5, 5.41) is 0. The van der Waals surface area contributed by atoms with Crippen LogP contribution in [-0.2, 0) is 34.6 Å². The number of amides is 2. The van der Waals surface area contributed by atoms with Crippen molar-refractivity contribution in [3.8, 4) is 0 Å². The summed E-state index contributed by atoms with van der Waals surface area (Å²) in [6.07, 6.45) is 1.50. The number of rotatable bonds is 7. The van der Waals surface area contributed by atoms with E-state index in [1.807, 2.05) is 67.6 Å². The third kappa shape index (κ3) is 4.70. The first kappa shape index (κ1) is 24.6. The van der Waals surface area contributed by atoms with E-state index in [0.29, 0.717) is 6.54 Å². The van der Waals surface area contributed by atoms with Gasteiger partial charge in [0.15, 0.2) is 11.2 Å². The van der Waals surface area contributed by atoms with Crippen LogP contribution in [0.2, 0.25) is 0 Å². The van der Waals surface area contributed by atoms with Crippen LogP contribution in [0.1, 0.15) is 31.9 Å². The van der Waals surface area contributed by atoms with Gasteiger partial charge in [-0.05, 0) is 31.9 Å². The highest BCUT2D eigenvalue weighted by Crippen LogP contribution is 2.22. The molecule has 2 N–H and O–H groups in total. The lowest BCUT2D eigenvalue weighted by molar-refractivity contribution is -0.132. The van der Waals surface area contributed by atoms with Gasteiger partial charge in [0.2, 0.25) is 5.91 Å². The summed E-state index contributed by atoms with van der Waals surface area (Å²) in [5.41, 5.74) is 4.65. The first-order valence-corrected chi connectivity index (χ1v) is 11.6. The summed E-state index contributed by atoms with van der Waals surface area (Å²) in [6, 6.07) is 18.4. The van der Waals surface area contributed by atoms with E-state index in [1.54, 1.807) is 18.4 Å². The van der Waals surface area contributed by atoms with Crippen molar-refractivity contribution in [2.24, 2.45) is 0 Å². The van der Waals surface area contributed by atoms with E-state index < -0.39 is 35.0 Å². The minimum absolute atomic E-state index is 0.181. The number of fused-ring (bicyclic) bond motifs is 1. The van der Waals surface area contributed by atoms with Crippen LogP contribution in [0.3, 0.4) is 0 Å². The van der Waals surface area contributed by atoms with Crippen molar-refractivity contribution in [1.82, 2.24) is 29.5 Å². The van der Waals surface area contributed by atoms with Gasteiger partial charge in [0.1, 0.15) is 6.54 Å². The zero-order valence-corrected chi connectivity index (χ0v) is 20.4. The minimum Gasteiger partial charge on any atom is -0.325 e. The van der Waals surface area contributed by atoms with Crippen LogP contribution in [0.5, 0.6) is 0 Å². The number of hydrazine groups is 1. The molecule has 4 aromatic rings. The fourth-order valence-electron chi connectivity index (χ4n) is 3.98. The number of aryl methyl sites for hydroxylation is 1. The monoisotopic (exact) mass is 488 g/mol. The maximum absolute atomic E-state index is 13.3. The van der Waals surface area contributed by atoms with Gasteiger partial charge in [-0.3, -0.25) is 29.8 Å². The molecule has 0 spiro atoms. The van der Waals surface area contributed by atoms with Crippen molar-refractivity contribution in [2.45, 2.75) is 45.8 Å². The van der Waals surface area contributed by atoms with Crippen molar-refractivity contribution < 1.29 is 9.59 Å². The third-order valence-electron chi connectivity index (χ3n) is 6.19. The van der Waals surface area contributed by atoms with Crippen molar-refractivity contribution >= 4 is 23.0 Å². The molecule has 2 aromatic carbocycles. The standard InChI is InChI=1S/C26H28N6O4/c1-4-30-17-27-22-21(30)23(34)32(25(36)31(22)15-18-11-7-5-8-12-18)16-20(33)28-29-24(35)26(2,3)19-13-9-6-10-14-19/h5-14,17H,4,15-16H2,1-3H3,(H,28,33)(H,29,35). The third-order valence-corrected chi connectivity index (χ3v) is 6.19. The smallest absolute Gasteiger partial charge is 0.325 e. The molecule has 0 aliphatic carbocycles. The Morgan fingerprint density at radius 2 is 1.56 bits per heavy atom. The predicted molar refractivity (Wildman–Crippen MR) is 135 cm³/mol. The van der Waals surface area contributed by atoms with Gasteiger partial charge >= 0.3 is 5.69 Å². The number of hydrogen-bond acceptors (Lipinski definition) is 5. The number of benzene rings is 2. The summed E-state index contributed by atoms with van der Waals surface area (Å²) in [4.78, 5) is 56.4. The lowest BCUT2D eigenvalue weighted by Crippen LogP contribution is -2.52. The number of hydrogen-bond donors (Lipinski definition) is 2. The second-order valence-corrected chi connectivity index (χ2v) is 8.94. The lowest BCUT2D eigenvalue weighted by atomic mass is 9.84. The van der Waals surface area contributed by atoms with Crippen molar-refractivity contribution in [1.29, 1.82) is 0 Å². The van der Waals surface area contributed by atoms with Crippen LogP contribution in [-0.4, -0.2) is 30.5 Å². The Hall–Kier alpha value is -4.47. The van der Waals surface area contributed by atoms with Crippen LogP contribution in [0.4, 0.5) is 0 Å². The highest BCUT2D eigenvalue weighted by Gasteiger charge is 2.30. The van der Waals surface area contributed by atoms with E-state index in [1.165, 1.54) is 10.9 Å². The molecule has 0 unspecified atom stereocenters. The van der Waals surface area contributed by atoms with E-state index in [9.17, 15) is 19.2 Å². The molecule has 0 atom stereocenters. The Kier molecular flexibility index (Phi) is 6.86. The molecule has 0 fully saturated rings. The first-order valence-electron chi connectivity index (χ1n) is 11.6. The summed E-state index contributed by atoms with van der Waals surface area (Å²) in [7, 11) is 0. The Morgan fingerprint density at radius 1 is 0.917 bits per heavy atom. The lowest BCUT2D eigenvalue weighted by Gasteiger charge is -2.24. The predicted octanol–water partition coefficient (Wildman–Crippen LogP) is 1.55. The largest absolute Gasteiger partial charge is 0.333 e. The molecule has 2 aromatic heterocycles. The number of carbonyl (C=O) groups excluding carboxylic acids is 2. The van der Waals surface area contributed by atoms with Crippen molar-refractivity contribution in [3.05, 3.63) is 99.0 Å². The van der Waals surface area contributed by atoms with Gasteiger partial charge < -0.3 is 4.57 Å². The molecular formula is C26H28N6O4. The average Bonchev–Trinajstić information content (AvgIpc) is 3.33. The minimum atomic E-state index is -0.916. The number of imidazole rings is 1. The topological polar surface area (TPSA) is 120 Å². The number of aromatic nitrogens is 4. The van der Waals surface area contributed by atoms with Crippen LogP contribution in [0.15, 0.2) is 76.6 Å². The summed E-state index contributed by atoms with van der Waals surface area (Å²) < 4.78 is 3.88. The van der Waals surface area contributed by atoms with Crippen molar-refractivity contribution in [2.75, 3.05) is 0 Å². The number of nitrogens with zero attached hydrogens (tertiary/aromatic N) is 4. The molecular weight excluding hydrogens is 460 g/mol. The normalized spacial score (nSPS) is 11.4. The molecule has 186 valence electrons. The molecule has 0 saturated carbocycles. The molecule has 0 radical (unpaired) electrons. The number of carbonyl (C=O) groups is 2. The molecule has 36 heavy (non-hydrogen) atoms. The number of nitrogens with one attached hydrogen (secondary N) is 2. The summed E-state index contributed by atoms with van der Waals surface area (Å²) >= 11 is 0. The van der Waals surface area contributed by atoms with Gasteiger partial charge in [-0.2, -0.15) is 0 Å². The molecule has 2 amide bonds. The molecule has 0 aliphatic rings. The van der Waals surface area contributed by atoms with Crippen molar-refractivity contribution in [3.63, 3.8) is 0 Å². The van der Waals surface area contributed by atoms with Crippen LogP contribution >= 0.6 is 0 Å². The van der Waals surface area contributed by atoms with Crippen LogP contribution < -0.4 is 22.1 Å². The van der Waals surface area contributed by atoms with E-state index >= 15 is 0 Å². The fourth-order valence-corrected chi connectivity index (χ4v) is 3.98. The Morgan fingerprint density at radius 3 is 2.19 bits per heavy atom. The van der Waals surface area contributed by atoms with Gasteiger partial charge in [-0.1, -0.05) is 60.7 Å². The van der Waals surface area contributed by atoms with Gasteiger partial charge in [-0.15, -0.1) is 0 Å². The molecule has 0 aliphatic heterocycles. The van der Waals surface area contributed by atoms with E-state index in [2.05, 4.69) is 15.8 Å². The molecule has 4 rings (SSSR count). The van der Waals surface area contributed by atoms with Crippen LogP contribution in [0, 0.1) is 0 Å². The fraction of sp³-hybridized carbons (Fsp3) is 0.269. The Labute approximate surface area is 207 Å². The van der Waals surface area contributed by atoms with E-state index in [4.69, 9.17) is 0 Å². The average molecular weight is 489 g/mol. The van der Waals surface area contributed by atoms with Gasteiger partial charge in [0.05, 0.1) is 18.3 Å².